The molecular weight excluding hydrogens is 343 g/mol. The molecule has 25 heavy (non-hydrogen) atoms. The predicted octanol–water partition coefficient (Wildman–Crippen LogP) is 3.24. The maximum absolute atomic E-state index is 13.4. The molecule has 4 nitrogen and oxygen atoms in total. The second kappa shape index (κ2) is 7.23. The van der Waals surface area contributed by atoms with Crippen molar-refractivity contribution in [2.75, 3.05) is 6.54 Å². The van der Waals surface area contributed by atoms with Gasteiger partial charge >= 0.3 is 0 Å². The summed E-state index contributed by atoms with van der Waals surface area (Å²) in [4.78, 5) is 28.2. The SMILES string of the molecule is C[C@H]1C(=O)N(Cc2ccccc2)CC(=O)N1Cc1cc(F)ccc1Cl. The second-order valence-electron chi connectivity index (χ2n) is 6.11. The third-order valence-electron chi connectivity index (χ3n) is 4.35. The normalized spacial score (nSPS) is 18.0. The molecule has 1 aliphatic heterocycles. The van der Waals surface area contributed by atoms with Gasteiger partial charge < -0.3 is 9.80 Å². The molecule has 0 aromatic heterocycles. The van der Waals surface area contributed by atoms with Crippen LogP contribution in [0.1, 0.15) is 18.1 Å². The fraction of sp³-hybridized carbons (Fsp3) is 0.263. The zero-order valence-corrected chi connectivity index (χ0v) is 14.5. The molecule has 1 aliphatic rings. The van der Waals surface area contributed by atoms with Gasteiger partial charge in [0.25, 0.3) is 0 Å². The summed E-state index contributed by atoms with van der Waals surface area (Å²) in [6, 6.07) is 12.9. The van der Waals surface area contributed by atoms with E-state index in [0.29, 0.717) is 17.1 Å². The highest BCUT2D eigenvalue weighted by molar-refractivity contribution is 6.31. The minimum Gasteiger partial charge on any atom is -0.327 e. The first-order valence-corrected chi connectivity index (χ1v) is 8.39. The minimum atomic E-state index is -0.621. The van der Waals surface area contributed by atoms with Crippen molar-refractivity contribution in [1.82, 2.24) is 9.80 Å². The van der Waals surface area contributed by atoms with Gasteiger partial charge in [0.2, 0.25) is 11.8 Å². The van der Waals surface area contributed by atoms with E-state index in [1.54, 1.807) is 11.8 Å². The summed E-state index contributed by atoms with van der Waals surface area (Å²) >= 11 is 6.08. The molecule has 3 rings (SSSR count). The van der Waals surface area contributed by atoms with E-state index in [1.165, 1.54) is 23.1 Å². The van der Waals surface area contributed by atoms with Crippen LogP contribution in [0.15, 0.2) is 48.5 Å². The number of amides is 2. The van der Waals surface area contributed by atoms with Crippen LogP contribution in [0.5, 0.6) is 0 Å². The van der Waals surface area contributed by atoms with Gasteiger partial charge in [0.1, 0.15) is 18.4 Å². The Labute approximate surface area is 150 Å². The molecule has 130 valence electrons. The summed E-state index contributed by atoms with van der Waals surface area (Å²) in [6.07, 6.45) is 0. The van der Waals surface area contributed by atoms with Gasteiger partial charge in [-0.2, -0.15) is 0 Å². The van der Waals surface area contributed by atoms with Crippen molar-refractivity contribution in [2.45, 2.75) is 26.1 Å². The van der Waals surface area contributed by atoms with Gasteiger partial charge in [-0.25, -0.2) is 4.39 Å². The lowest BCUT2D eigenvalue weighted by Crippen LogP contribution is -2.58. The minimum absolute atomic E-state index is 0.00496. The van der Waals surface area contributed by atoms with Gasteiger partial charge in [-0.1, -0.05) is 41.9 Å². The molecule has 0 saturated carbocycles. The molecule has 1 fully saturated rings. The number of piperazine rings is 1. The summed E-state index contributed by atoms with van der Waals surface area (Å²) in [5.74, 6) is -0.729. The molecule has 0 unspecified atom stereocenters. The van der Waals surface area contributed by atoms with E-state index >= 15 is 0 Å². The second-order valence-corrected chi connectivity index (χ2v) is 6.52. The summed E-state index contributed by atoms with van der Waals surface area (Å²) in [7, 11) is 0. The average molecular weight is 361 g/mol. The van der Waals surface area contributed by atoms with Gasteiger partial charge in [-0.15, -0.1) is 0 Å². The molecule has 2 amide bonds. The van der Waals surface area contributed by atoms with Crippen LogP contribution in [0.25, 0.3) is 0 Å². The fourth-order valence-corrected chi connectivity index (χ4v) is 3.13. The molecule has 0 spiro atoms. The van der Waals surface area contributed by atoms with Crippen LogP contribution in [-0.4, -0.2) is 34.2 Å². The van der Waals surface area contributed by atoms with E-state index in [-0.39, 0.29) is 24.9 Å². The van der Waals surface area contributed by atoms with Gasteiger partial charge in [0.05, 0.1) is 0 Å². The number of hydrogen-bond donors (Lipinski definition) is 0. The molecule has 1 atom stereocenters. The van der Waals surface area contributed by atoms with Crippen molar-refractivity contribution in [1.29, 1.82) is 0 Å². The van der Waals surface area contributed by atoms with Crippen LogP contribution in [0.4, 0.5) is 4.39 Å². The Bertz CT molecular complexity index is 797. The Morgan fingerprint density at radius 1 is 1.12 bits per heavy atom. The standard InChI is InChI=1S/C19H18ClFN2O2/c1-13-19(25)22(10-14-5-3-2-4-6-14)12-18(24)23(13)11-15-9-16(21)7-8-17(15)20/h2-9,13H,10-12H2,1H3/t13-/m0/s1. The number of carbonyl (C=O) groups excluding carboxylic acids is 2. The maximum Gasteiger partial charge on any atom is 0.245 e. The Morgan fingerprint density at radius 3 is 2.56 bits per heavy atom. The van der Waals surface area contributed by atoms with E-state index in [1.807, 2.05) is 30.3 Å². The highest BCUT2D eigenvalue weighted by Gasteiger charge is 2.36. The van der Waals surface area contributed by atoms with Crippen molar-refractivity contribution < 1.29 is 14.0 Å². The summed E-state index contributed by atoms with van der Waals surface area (Å²) in [6.45, 7) is 2.20. The van der Waals surface area contributed by atoms with Crippen molar-refractivity contribution >= 4 is 23.4 Å². The first-order chi connectivity index (χ1) is 12.0. The molecular formula is C19H18ClFN2O2. The molecule has 2 aromatic rings. The van der Waals surface area contributed by atoms with E-state index < -0.39 is 11.9 Å². The van der Waals surface area contributed by atoms with Crippen LogP contribution in [0.3, 0.4) is 0 Å². The first kappa shape index (κ1) is 17.4. The lowest BCUT2D eigenvalue weighted by molar-refractivity contribution is -0.156. The number of nitrogens with zero attached hydrogens (tertiary/aromatic N) is 2. The van der Waals surface area contributed by atoms with Gasteiger partial charge in [0.15, 0.2) is 0 Å². The molecule has 1 heterocycles. The van der Waals surface area contributed by atoms with Crippen LogP contribution in [0, 0.1) is 5.82 Å². The summed E-state index contributed by atoms with van der Waals surface area (Å²) in [5.41, 5.74) is 1.46. The predicted molar refractivity (Wildman–Crippen MR) is 93.3 cm³/mol. The Kier molecular flexibility index (Phi) is 5.04. The van der Waals surface area contributed by atoms with Crippen molar-refractivity contribution in [3.63, 3.8) is 0 Å². The Hall–Kier alpha value is -2.40. The third kappa shape index (κ3) is 3.82. The quantitative estimate of drug-likeness (QED) is 0.839. The number of rotatable bonds is 4. The topological polar surface area (TPSA) is 40.6 Å². The smallest absolute Gasteiger partial charge is 0.245 e. The number of carbonyl (C=O) groups is 2. The lowest BCUT2D eigenvalue weighted by Gasteiger charge is -2.39. The van der Waals surface area contributed by atoms with E-state index in [0.717, 1.165) is 5.56 Å². The van der Waals surface area contributed by atoms with E-state index in [2.05, 4.69) is 0 Å². The zero-order valence-electron chi connectivity index (χ0n) is 13.8. The molecule has 0 N–H and O–H groups in total. The van der Waals surface area contributed by atoms with Crippen molar-refractivity contribution in [3.05, 3.63) is 70.5 Å². The molecule has 0 aliphatic carbocycles. The van der Waals surface area contributed by atoms with Gasteiger partial charge in [0, 0.05) is 18.1 Å². The molecule has 1 saturated heterocycles. The van der Waals surface area contributed by atoms with Crippen molar-refractivity contribution in [3.8, 4) is 0 Å². The number of halogens is 2. The summed E-state index contributed by atoms with van der Waals surface area (Å²) < 4.78 is 13.4. The first-order valence-electron chi connectivity index (χ1n) is 8.02. The molecule has 2 aromatic carbocycles. The van der Waals surface area contributed by atoms with E-state index in [9.17, 15) is 14.0 Å². The lowest BCUT2D eigenvalue weighted by atomic mass is 10.1. The highest BCUT2D eigenvalue weighted by atomic mass is 35.5. The van der Waals surface area contributed by atoms with Crippen LogP contribution >= 0.6 is 11.6 Å². The van der Waals surface area contributed by atoms with Crippen LogP contribution in [0.2, 0.25) is 5.02 Å². The largest absolute Gasteiger partial charge is 0.327 e. The Balaban J connectivity index is 1.75. The number of hydrogen-bond acceptors (Lipinski definition) is 2. The highest BCUT2D eigenvalue weighted by Crippen LogP contribution is 2.23. The van der Waals surface area contributed by atoms with E-state index in [4.69, 9.17) is 11.6 Å². The molecule has 6 heteroatoms. The summed E-state index contributed by atoms with van der Waals surface area (Å²) in [5, 5.41) is 0.376. The van der Waals surface area contributed by atoms with Crippen LogP contribution < -0.4 is 0 Å². The fourth-order valence-electron chi connectivity index (χ4n) is 2.96. The zero-order chi connectivity index (χ0) is 18.0. The number of benzene rings is 2. The van der Waals surface area contributed by atoms with Gasteiger partial charge in [-0.3, -0.25) is 9.59 Å². The molecule has 0 radical (unpaired) electrons. The van der Waals surface area contributed by atoms with Gasteiger partial charge in [-0.05, 0) is 36.2 Å². The third-order valence-corrected chi connectivity index (χ3v) is 4.72. The Morgan fingerprint density at radius 2 is 1.84 bits per heavy atom. The van der Waals surface area contributed by atoms with Crippen LogP contribution in [-0.2, 0) is 22.7 Å². The van der Waals surface area contributed by atoms with Crippen molar-refractivity contribution in [2.24, 2.45) is 0 Å². The average Bonchev–Trinajstić information content (AvgIpc) is 2.60. The maximum atomic E-state index is 13.4. The molecule has 0 bridgehead atoms. The monoisotopic (exact) mass is 360 g/mol.